The normalized spacial score (nSPS) is 25.6. The van der Waals surface area contributed by atoms with Crippen LogP contribution >= 0.6 is 0 Å². The zero-order chi connectivity index (χ0) is 18.9. The van der Waals surface area contributed by atoms with Gasteiger partial charge in [-0.05, 0) is 56.9 Å². The van der Waals surface area contributed by atoms with Gasteiger partial charge in [0.2, 0.25) is 5.82 Å². The summed E-state index contributed by atoms with van der Waals surface area (Å²) in [5.74, 6) is 0.994. The Labute approximate surface area is 162 Å². The van der Waals surface area contributed by atoms with Gasteiger partial charge in [0, 0.05) is 5.56 Å². The molecule has 2 N–H and O–H groups in total. The number of hydrogen-bond acceptors (Lipinski definition) is 3. The average molecular weight is 371 g/mol. The van der Waals surface area contributed by atoms with Gasteiger partial charge in [0.05, 0.1) is 11.6 Å². The van der Waals surface area contributed by atoms with Gasteiger partial charge >= 0.3 is 0 Å². The van der Waals surface area contributed by atoms with E-state index in [-0.39, 0.29) is 11.6 Å². The molecule has 6 heteroatoms. The molecule has 6 nitrogen and oxygen atoms in total. The summed E-state index contributed by atoms with van der Waals surface area (Å²) in [6, 6.07) is 11.9. The number of quaternary nitrogens is 2. The van der Waals surface area contributed by atoms with E-state index in [9.17, 15) is 0 Å². The molecule has 1 saturated heterocycles. The highest BCUT2D eigenvalue weighted by Crippen LogP contribution is 2.22. The second-order valence-corrected chi connectivity index (χ2v) is 9.26. The van der Waals surface area contributed by atoms with Crippen LogP contribution in [0.3, 0.4) is 0 Å². The molecule has 0 unspecified atom stereocenters. The van der Waals surface area contributed by atoms with Crippen molar-refractivity contribution in [3.63, 3.8) is 0 Å². The second-order valence-electron chi connectivity index (χ2n) is 9.26. The fourth-order valence-electron chi connectivity index (χ4n) is 4.99. The molecule has 1 aliphatic heterocycles. The maximum atomic E-state index is 4.51. The third-order valence-electron chi connectivity index (χ3n) is 6.40. The highest BCUT2D eigenvalue weighted by Gasteiger charge is 2.39. The third kappa shape index (κ3) is 3.92. The van der Waals surface area contributed by atoms with Crippen LogP contribution in [0.25, 0.3) is 0 Å². The lowest BCUT2D eigenvalue weighted by molar-refractivity contribution is -1.03. The monoisotopic (exact) mass is 370 g/mol. The van der Waals surface area contributed by atoms with E-state index < -0.39 is 0 Å². The topological polar surface area (TPSA) is 52.5 Å². The van der Waals surface area contributed by atoms with E-state index in [0.29, 0.717) is 0 Å². The minimum atomic E-state index is -0.123. The zero-order valence-corrected chi connectivity index (χ0v) is 17.0. The van der Waals surface area contributed by atoms with E-state index in [4.69, 9.17) is 0 Å². The van der Waals surface area contributed by atoms with Gasteiger partial charge in [-0.15, -0.1) is 5.10 Å². The Bertz CT molecular complexity index is 721. The van der Waals surface area contributed by atoms with Crippen molar-refractivity contribution in [3.05, 3.63) is 41.7 Å². The summed E-state index contributed by atoms with van der Waals surface area (Å²) in [5.41, 5.74) is 1.19. The third-order valence-corrected chi connectivity index (χ3v) is 6.40. The second kappa shape index (κ2) is 7.68. The number of nitrogens with one attached hydrogen (secondary N) is 2. The Balaban J connectivity index is 1.60. The summed E-state index contributed by atoms with van der Waals surface area (Å²) in [7, 11) is 0. The first kappa shape index (κ1) is 18.6. The molecule has 146 valence electrons. The average Bonchev–Trinajstić information content (AvgIpc) is 3.35. The SMILES string of the molecule is CC(C)(C)n1nnnc1[C@H](c1ccccc1)[NH+]1CC[NH+](C2CCCC2)CC1. The Kier molecular flexibility index (Phi) is 5.28. The number of nitrogens with zero attached hydrogens (tertiary/aromatic N) is 4. The van der Waals surface area contributed by atoms with E-state index in [0.717, 1.165) is 11.9 Å². The van der Waals surface area contributed by atoms with Gasteiger partial charge < -0.3 is 9.80 Å². The Morgan fingerprint density at radius 1 is 1.00 bits per heavy atom. The molecule has 2 heterocycles. The number of aromatic nitrogens is 4. The first-order valence-corrected chi connectivity index (χ1v) is 10.6. The molecule has 0 spiro atoms. The van der Waals surface area contributed by atoms with Crippen LogP contribution in [0.2, 0.25) is 0 Å². The van der Waals surface area contributed by atoms with E-state index in [1.54, 1.807) is 4.90 Å². The smallest absolute Gasteiger partial charge is 0.214 e. The highest BCUT2D eigenvalue weighted by molar-refractivity contribution is 5.22. The van der Waals surface area contributed by atoms with E-state index >= 15 is 0 Å². The minimum Gasteiger partial charge on any atom is -0.323 e. The molecule has 1 atom stereocenters. The molecule has 4 rings (SSSR count). The van der Waals surface area contributed by atoms with Crippen molar-refractivity contribution >= 4 is 0 Å². The summed E-state index contributed by atoms with van der Waals surface area (Å²) < 4.78 is 2.02. The summed E-state index contributed by atoms with van der Waals surface area (Å²) in [6.45, 7) is 11.4. The standard InChI is InChI=1S/C21H32N6/c1-21(2,3)27-20(22-23-24-27)19(17-9-5-4-6-10-17)26-15-13-25(14-16-26)18-11-7-8-12-18/h4-6,9-10,18-19H,7-8,11-16H2,1-3H3/p+2/t19-/m0/s1. The van der Waals surface area contributed by atoms with Crippen LogP contribution in [-0.2, 0) is 5.54 Å². The van der Waals surface area contributed by atoms with Gasteiger partial charge in [0.15, 0.2) is 6.04 Å². The fourth-order valence-corrected chi connectivity index (χ4v) is 4.99. The van der Waals surface area contributed by atoms with Gasteiger partial charge in [-0.1, -0.05) is 30.3 Å². The number of benzene rings is 1. The number of tetrazole rings is 1. The molecule has 27 heavy (non-hydrogen) atoms. The van der Waals surface area contributed by atoms with E-state index in [1.807, 2.05) is 9.58 Å². The van der Waals surface area contributed by atoms with Crippen molar-refractivity contribution < 1.29 is 9.80 Å². The van der Waals surface area contributed by atoms with Gasteiger partial charge in [-0.2, -0.15) is 0 Å². The first-order chi connectivity index (χ1) is 13.0. The molecule has 1 aromatic carbocycles. The number of hydrogen-bond donors (Lipinski definition) is 2. The minimum absolute atomic E-state index is 0.123. The van der Waals surface area contributed by atoms with Crippen molar-refractivity contribution in [1.82, 2.24) is 20.2 Å². The lowest BCUT2D eigenvalue weighted by atomic mass is 10.0. The molecule has 2 aromatic rings. The predicted octanol–water partition coefficient (Wildman–Crippen LogP) is 0.244. The van der Waals surface area contributed by atoms with Crippen LogP contribution in [0.4, 0.5) is 0 Å². The molecular formula is C21H34N6+2. The van der Waals surface area contributed by atoms with Crippen LogP contribution in [-0.4, -0.2) is 52.4 Å². The van der Waals surface area contributed by atoms with Gasteiger partial charge in [0.25, 0.3) is 0 Å². The molecule has 1 aromatic heterocycles. The first-order valence-electron chi connectivity index (χ1n) is 10.6. The Hall–Kier alpha value is -1.79. The van der Waals surface area contributed by atoms with Crippen LogP contribution in [0.1, 0.15) is 63.9 Å². The van der Waals surface area contributed by atoms with Crippen molar-refractivity contribution in [2.24, 2.45) is 0 Å². The molecule has 0 bridgehead atoms. The van der Waals surface area contributed by atoms with Crippen LogP contribution in [0.15, 0.2) is 30.3 Å². The number of piperazine rings is 1. The molecule has 2 aliphatic rings. The Morgan fingerprint density at radius 3 is 2.30 bits per heavy atom. The summed E-state index contributed by atoms with van der Waals surface area (Å²) in [6.07, 6.45) is 5.71. The molecule has 1 aliphatic carbocycles. The van der Waals surface area contributed by atoms with Crippen molar-refractivity contribution in [2.45, 2.75) is 64.1 Å². The predicted molar refractivity (Wildman–Crippen MR) is 105 cm³/mol. The lowest BCUT2D eigenvalue weighted by Gasteiger charge is -2.37. The molecule has 0 amide bonds. The fraction of sp³-hybridized carbons (Fsp3) is 0.667. The Morgan fingerprint density at radius 2 is 1.67 bits per heavy atom. The molecule has 2 fully saturated rings. The maximum Gasteiger partial charge on any atom is 0.214 e. The quantitative estimate of drug-likeness (QED) is 0.811. The van der Waals surface area contributed by atoms with E-state index in [2.05, 4.69) is 66.6 Å². The van der Waals surface area contributed by atoms with Gasteiger partial charge in [-0.3, -0.25) is 0 Å². The van der Waals surface area contributed by atoms with Crippen molar-refractivity contribution in [2.75, 3.05) is 26.2 Å². The summed E-state index contributed by atoms with van der Waals surface area (Å²) in [4.78, 5) is 3.43. The van der Waals surface area contributed by atoms with Crippen LogP contribution < -0.4 is 9.80 Å². The summed E-state index contributed by atoms with van der Waals surface area (Å²) in [5, 5.41) is 12.9. The largest absolute Gasteiger partial charge is 0.323 e. The number of rotatable bonds is 4. The zero-order valence-electron chi connectivity index (χ0n) is 17.0. The van der Waals surface area contributed by atoms with Gasteiger partial charge in [0.1, 0.15) is 26.2 Å². The highest BCUT2D eigenvalue weighted by atomic mass is 15.6. The molecule has 0 radical (unpaired) electrons. The molecular weight excluding hydrogens is 336 g/mol. The van der Waals surface area contributed by atoms with Crippen LogP contribution in [0.5, 0.6) is 0 Å². The molecule has 1 saturated carbocycles. The van der Waals surface area contributed by atoms with E-state index in [1.165, 1.54) is 57.4 Å². The van der Waals surface area contributed by atoms with Crippen LogP contribution in [0, 0.1) is 0 Å². The van der Waals surface area contributed by atoms with Crippen molar-refractivity contribution in [1.29, 1.82) is 0 Å². The maximum absolute atomic E-state index is 4.51. The lowest BCUT2D eigenvalue weighted by Crippen LogP contribution is -3.29. The van der Waals surface area contributed by atoms with Crippen molar-refractivity contribution in [3.8, 4) is 0 Å². The summed E-state index contributed by atoms with van der Waals surface area (Å²) >= 11 is 0. The van der Waals surface area contributed by atoms with Gasteiger partial charge in [-0.25, -0.2) is 4.68 Å².